The minimum absolute atomic E-state index is 0.0150. The van der Waals surface area contributed by atoms with Crippen molar-refractivity contribution in [3.8, 4) is 0 Å². The zero-order valence-corrected chi connectivity index (χ0v) is 17.9. The lowest BCUT2D eigenvalue weighted by atomic mass is 9.79. The van der Waals surface area contributed by atoms with Crippen LogP contribution in [0.2, 0.25) is 0 Å². The lowest BCUT2D eigenvalue weighted by Crippen LogP contribution is -2.44. The van der Waals surface area contributed by atoms with Crippen molar-refractivity contribution in [2.45, 2.75) is 44.6 Å². The van der Waals surface area contributed by atoms with Crippen molar-refractivity contribution in [2.75, 3.05) is 6.54 Å². The summed E-state index contributed by atoms with van der Waals surface area (Å²) in [6.45, 7) is 0.637. The molecule has 2 aromatic heterocycles. The average Bonchev–Trinajstić information content (AvgIpc) is 3.21. The molecule has 32 heavy (non-hydrogen) atoms. The van der Waals surface area contributed by atoms with Crippen LogP contribution in [-0.4, -0.2) is 32.3 Å². The van der Waals surface area contributed by atoms with Crippen LogP contribution >= 0.6 is 0 Å². The normalized spacial score (nSPS) is 19.4. The lowest BCUT2D eigenvalue weighted by Gasteiger charge is -2.41. The van der Waals surface area contributed by atoms with Crippen LogP contribution in [0.3, 0.4) is 0 Å². The Labute approximate surface area is 185 Å². The first-order valence-electron chi connectivity index (χ1n) is 11.6. The summed E-state index contributed by atoms with van der Waals surface area (Å²) in [5.74, 6) is 0.264. The van der Waals surface area contributed by atoms with Crippen molar-refractivity contribution in [3.63, 3.8) is 0 Å². The number of aromatic amines is 2. The molecule has 6 rings (SSSR count). The number of hydrogen-bond donors (Lipinski definition) is 2. The predicted octanol–water partition coefficient (Wildman–Crippen LogP) is 4.72. The number of rotatable bonds is 2. The highest BCUT2D eigenvalue weighted by Gasteiger charge is 2.39. The van der Waals surface area contributed by atoms with Crippen molar-refractivity contribution in [1.82, 2.24) is 19.9 Å². The van der Waals surface area contributed by atoms with E-state index in [0.717, 1.165) is 24.8 Å². The third-order valence-corrected chi connectivity index (χ3v) is 7.28. The van der Waals surface area contributed by atoms with E-state index in [2.05, 4.69) is 39.2 Å². The van der Waals surface area contributed by atoms with Gasteiger partial charge in [0.25, 0.3) is 5.91 Å². The fourth-order valence-electron chi connectivity index (χ4n) is 5.84. The maximum absolute atomic E-state index is 13.9. The number of carbonyl (C=O) groups is 1. The van der Waals surface area contributed by atoms with E-state index in [9.17, 15) is 9.59 Å². The van der Waals surface area contributed by atoms with Crippen LogP contribution in [0.15, 0.2) is 53.3 Å². The summed E-state index contributed by atoms with van der Waals surface area (Å²) in [4.78, 5) is 38.7. The molecule has 2 N–H and O–H groups in total. The van der Waals surface area contributed by atoms with Crippen LogP contribution < -0.4 is 5.69 Å². The molecular formula is C26H26N4O2. The van der Waals surface area contributed by atoms with E-state index in [-0.39, 0.29) is 17.6 Å². The summed E-state index contributed by atoms with van der Waals surface area (Å²) in [6.07, 6.45) is 6.70. The van der Waals surface area contributed by atoms with Gasteiger partial charge in [0.05, 0.1) is 11.6 Å². The standard InChI is InChI=1S/C26H26N4O2/c31-25(23-19-11-5-7-13-21(19)28-26(32)29-23)30-15-14-18-17-10-4-6-12-20(17)27-22(18)24(30)16-8-2-1-3-9-16/h4-7,10-13,16,24,27H,1-3,8-9,14-15H2,(H,28,29,32)/t24-/m1/s1. The highest BCUT2D eigenvalue weighted by atomic mass is 16.2. The van der Waals surface area contributed by atoms with E-state index in [1.54, 1.807) is 0 Å². The van der Waals surface area contributed by atoms with Crippen molar-refractivity contribution in [2.24, 2.45) is 5.92 Å². The minimum atomic E-state index is -0.482. The van der Waals surface area contributed by atoms with Gasteiger partial charge in [-0.1, -0.05) is 55.7 Å². The number of aromatic nitrogens is 3. The number of para-hydroxylation sites is 2. The highest BCUT2D eigenvalue weighted by Crippen LogP contribution is 2.44. The largest absolute Gasteiger partial charge is 0.356 e. The molecule has 0 spiro atoms. The van der Waals surface area contributed by atoms with E-state index in [0.29, 0.717) is 23.4 Å². The van der Waals surface area contributed by atoms with Gasteiger partial charge >= 0.3 is 5.69 Å². The van der Waals surface area contributed by atoms with E-state index >= 15 is 0 Å². The van der Waals surface area contributed by atoms with Gasteiger partial charge in [-0.15, -0.1) is 0 Å². The van der Waals surface area contributed by atoms with E-state index in [4.69, 9.17) is 0 Å². The molecular weight excluding hydrogens is 400 g/mol. The molecule has 6 nitrogen and oxygen atoms in total. The molecule has 1 amide bonds. The third kappa shape index (κ3) is 3.05. The molecule has 1 atom stereocenters. The van der Waals surface area contributed by atoms with Gasteiger partial charge in [0.15, 0.2) is 0 Å². The molecule has 1 aliphatic carbocycles. The lowest BCUT2D eigenvalue weighted by molar-refractivity contribution is 0.0529. The number of carbonyl (C=O) groups excluding carboxylic acids is 1. The number of H-pyrrole nitrogens is 2. The SMILES string of the molecule is O=C(c1nc(=O)[nH]c2ccccc12)N1CCc2c([nH]c3ccccc23)[C@H]1C1CCCCC1. The molecule has 0 radical (unpaired) electrons. The second-order valence-electron chi connectivity index (χ2n) is 9.09. The van der Waals surface area contributed by atoms with Crippen LogP contribution in [0.4, 0.5) is 0 Å². The van der Waals surface area contributed by atoms with Crippen molar-refractivity contribution in [1.29, 1.82) is 0 Å². The first-order chi connectivity index (χ1) is 15.7. The topological polar surface area (TPSA) is 81.8 Å². The zero-order chi connectivity index (χ0) is 21.7. The Bertz CT molecular complexity index is 1380. The van der Waals surface area contributed by atoms with Gasteiger partial charge in [0.2, 0.25) is 0 Å². The van der Waals surface area contributed by atoms with E-state index < -0.39 is 5.69 Å². The first kappa shape index (κ1) is 19.3. The van der Waals surface area contributed by atoms with Gasteiger partial charge in [-0.2, -0.15) is 4.98 Å². The molecule has 1 saturated carbocycles. The second-order valence-corrected chi connectivity index (χ2v) is 9.09. The Kier molecular flexibility index (Phi) is 4.59. The van der Waals surface area contributed by atoms with Crippen LogP contribution in [0.1, 0.15) is 59.9 Å². The van der Waals surface area contributed by atoms with Crippen LogP contribution in [0.5, 0.6) is 0 Å². The molecule has 3 heterocycles. The number of fused-ring (bicyclic) bond motifs is 4. The average molecular weight is 427 g/mol. The van der Waals surface area contributed by atoms with Crippen LogP contribution in [0, 0.1) is 5.92 Å². The van der Waals surface area contributed by atoms with Crippen LogP contribution in [0.25, 0.3) is 21.8 Å². The Morgan fingerprint density at radius 2 is 1.59 bits per heavy atom. The van der Waals surface area contributed by atoms with Crippen molar-refractivity contribution >= 4 is 27.7 Å². The quantitative estimate of drug-likeness (QED) is 0.486. The molecule has 0 unspecified atom stereocenters. The summed E-state index contributed by atoms with van der Waals surface area (Å²) in [5.41, 5.74) is 4.06. The first-order valence-corrected chi connectivity index (χ1v) is 11.6. The second kappa shape index (κ2) is 7.62. The maximum Gasteiger partial charge on any atom is 0.346 e. The number of nitrogens with one attached hydrogen (secondary N) is 2. The smallest absolute Gasteiger partial charge is 0.346 e. The Balaban J connectivity index is 1.49. The molecule has 1 fully saturated rings. The summed E-state index contributed by atoms with van der Waals surface area (Å²) < 4.78 is 0. The molecule has 162 valence electrons. The number of amides is 1. The van der Waals surface area contributed by atoms with Gasteiger partial charge < -0.3 is 14.9 Å². The molecule has 4 aromatic rings. The molecule has 2 aliphatic rings. The van der Waals surface area contributed by atoms with Gasteiger partial charge in [-0.05, 0) is 42.9 Å². The third-order valence-electron chi connectivity index (χ3n) is 7.28. The fraction of sp³-hybridized carbons (Fsp3) is 0.346. The summed E-state index contributed by atoms with van der Waals surface area (Å²) in [6, 6.07) is 15.8. The van der Waals surface area contributed by atoms with E-state index in [1.807, 2.05) is 29.2 Å². The monoisotopic (exact) mass is 426 g/mol. The molecule has 0 saturated heterocycles. The Morgan fingerprint density at radius 3 is 2.38 bits per heavy atom. The van der Waals surface area contributed by atoms with Crippen molar-refractivity contribution < 1.29 is 4.79 Å². The molecule has 0 bridgehead atoms. The fourth-order valence-corrected chi connectivity index (χ4v) is 5.84. The van der Waals surface area contributed by atoms with Gasteiger partial charge in [-0.3, -0.25) is 4.79 Å². The Hall–Kier alpha value is -3.41. The summed E-state index contributed by atoms with van der Waals surface area (Å²) in [7, 11) is 0. The van der Waals surface area contributed by atoms with E-state index in [1.165, 1.54) is 35.9 Å². The number of hydrogen-bond acceptors (Lipinski definition) is 3. The van der Waals surface area contributed by atoms with Crippen molar-refractivity contribution in [3.05, 3.63) is 76.0 Å². The summed E-state index contributed by atoms with van der Waals surface area (Å²) >= 11 is 0. The number of nitrogens with zero attached hydrogens (tertiary/aromatic N) is 2. The van der Waals surface area contributed by atoms with Crippen LogP contribution in [-0.2, 0) is 6.42 Å². The minimum Gasteiger partial charge on any atom is -0.356 e. The summed E-state index contributed by atoms with van der Waals surface area (Å²) in [5, 5.41) is 1.96. The highest BCUT2D eigenvalue weighted by molar-refractivity contribution is 6.04. The molecule has 6 heteroatoms. The van der Waals surface area contributed by atoms with Gasteiger partial charge in [-0.25, -0.2) is 4.79 Å². The molecule has 1 aliphatic heterocycles. The van der Waals surface area contributed by atoms with Gasteiger partial charge in [0.1, 0.15) is 5.69 Å². The number of benzene rings is 2. The maximum atomic E-state index is 13.9. The predicted molar refractivity (Wildman–Crippen MR) is 125 cm³/mol. The Morgan fingerprint density at radius 1 is 0.906 bits per heavy atom. The zero-order valence-electron chi connectivity index (χ0n) is 17.9. The van der Waals surface area contributed by atoms with Gasteiger partial charge in [0, 0.05) is 28.5 Å². The molecule has 2 aromatic carbocycles.